The fraction of sp³-hybridized carbons (Fsp3) is 0.818. The van der Waals surface area contributed by atoms with Crippen LogP contribution in [0.3, 0.4) is 0 Å². The van der Waals surface area contributed by atoms with Gasteiger partial charge in [0.25, 0.3) is 0 Å². The molecule has 2 aliphatic carbocycles. The zero-order valence-electron chi connectivity index (χ0n) is 8.48. The van der Waals surface area contributed by atoms with Gasteiger partial charge < -0.3 is 13.3 Å². The second kappa shape index (κ2) is 9.13. The van der Waals surface area contributed by atoms with Crippen LogP contribution >= 0.6 is 0 Å². The molecule has 2 fully saturated rings. The molecule has 0 N–H and O–H groups in total. The Morgan fingerprint density at radius 1 is 1.14 bits per heavy atom. The molecule has 3 heteroatoms. The number of fused-ring (bicyclic) bond motifs is 1. The fourth-order valence-electron chi connectivity index (χ4n) is 3.02. The summed E-state index contributed by atoms with van der Waals surface area (Å²) in [5, 5.41) is 0. The molecule has 14 heavy (non-hydrogen) atoms. The van der Waals surface area contributed by atoms with E-state index in [0.717, 1.165) is 24.2 Å². The first-order valence-electron chi connectivity index (χ1n) is 5.04. The maximum atomic E-state index is 4.04. The molecule has 3 unspecified atom stereocenters. The molecular formula is C11H18W3. The van der Waals surface area contributed by atoms with E-state index >= 15 is 0 Å². The van der Waals surface area contributed by atoms with E-state index in [9.17, 15) is 0 Å². The smallest absolute Gasteiger partial charge is 0.345 e. The van der Waals surface area contributed by atoms with Crippen LogP contribution in [0.5, 0.6) is 0 Å². The minimum atomic E-state index is 0. The first-order valence-corrected chi connectivity index (χ1v) is 5.04. The van der Waals surface area contributed by atoms with Crippen molar-refractivity contribution in [2.24, 2.45) is 17.8 Å². The minimum absolute atomic E-state index is 0. The van der Waals surface area contributed by atoms with Gasteiger partial charge in [0, 0.05) is 42.1 Å². The normalized spacial score (nSPS) is 34.5. The van der Waals surface area contributed by atoms with Crippen molar-refractivity contribution in [1.29, 1.82) is 0 Å². The molecule has 0 saturated heterocycles. The van der Waals surface area contributed by atoms with Gasteiger partial charge in [0.1, 0.15) is 0 Å². The van der Waals surface area contributed by atoms with E-state index in [1.165, 1.54) is 32.1 Å². The molecule has 0 radical (unpaired) electrons. The zero-order valence-corrected chi connectivity index (χ0v) is 17.3. The van der Waals surface area contributed by atoms with Gasteiger partial charge in [-0.15, -0.1) is 0 Å². The van der Waals surface area contributed by atoms with Crippen molar-refractivity contribution >= 4 is 0 Å². The summed E-state index contributed by atoms with van der Waals surface area (Å²) in [7, 11) is 0. The maximum Gasteiger partial charge on any atom is 2.00 e. The molecule has 0 amide bonds. The van der Waals surface area contributed by atoms with Crippen LogP contribution < -0.4 is 0 Å². The van der Waals surface area contributed by atoms with Crippen molar-refractivity contribution in [3.05, 3.63) is 13.3 Å². The van der Waals surface area contributed by atoms with Crippen LogP contribution in [0.25, 0.3) is 0 Å². The fourth-order valence-corrected chi connectivity index (χ4v) is 3.02. The van der Waals surface area contributed by atoms with Gasteiger partial charge in [-0.05, 0) is 5.92 Å². The third-order valence-corrected chi connectivity index (χ3v) is 3.61. The summed E-state index contributed by atoms with van der Waals surface area (Å²) in [4.78, 5) is 0. The molecule has 0 aliphatic heterocycles. The summed E-state index contributed by atoms with van der Waals surface area (Å²) in [5.41, 5.74) is 0. The third kappa shape index (κ3) is 4.15. The maximum absolute atomic E-state index is 4.04. The van der Waals surface area contributed by atoms with Gasteiger partial charge in [0.15, 0.2) is 0 Å². The van der Waals surface area contributed by atoms with Gasteiger partial charge >= 0.3 is 21.1 Å². The van der Waals surface area contributed by atoms with E-state index in [1.54, 1.807) is 0 Å². The molecule has 2 saturated carbocycles. The van der Waals surface area contributed by atoms with Gasteiger partial charge in [0.05, 0.1) is 0 Å². The summed E-state index contributed by atoms with van der Waals surface area (Å²) in [6, 6.07) is 0. The van der Waals surface area contributed by atoms with Gasteiger partial charge in [0.2, 0.25) is 0 Å². The van der Waals surface area contributed by atoms with E-state index in [-0.39, 0.29) is 63.2 Å². The molecule has 0 aromatic rings. The van der Waals surface area contributed by atoms with Crippen LogP contribution in [0, 0.1) is 31.1 Å². The van der Waals surface area contributed by atoms with Crippen LogP contribution in [0.2, 0.25) is 0 Å². The Morgan fingerprint density at radius 2 is 1.86 bits per heavy atom. The quantitative estimate of drug-likeness (QED) is 0.369. The number of hydrogen-bond donors (Lipinski definition) is 0. The Balaban J connectivity index is 0. The monoisotopic (exact) mass is 702 g/mol. The minimum Gasteiger partial charge on any atom is -0.345 e. The Kier molecular flexibility index (Phi) is 12.0. The average Bonchev–Trinajstić information content (AvgIpc) is 2.50. The predicted octanol–water partition coefficient (Wildman–Crippen LogP) is 3.23. The van der Waals surface area contributed by atoms with Crippen molar-refractivity contribution in [2.45, 2.75) is 38.5 Å². The van der Waals surface area contributed by atoms with Crippen molar-refractivity contribution in [1.82, 2.24) is 0 Å². The zero-order chi connectivity index (χ0) is 7.68. The molecule has 0 aromatic carbocycles. The molecule has 3 atom stereocenters. The van der Waals surface area contributed by atoms with Crippen LogP contribution in [-0.4, -0.2) is 0 Å². The summed E-state index contributed by atoms with van der Waals surface area (Å²) in [6.07, 6.45) is 11.0. The molecule has 2 aliphatic rings. The van der Waals surface area contributed by atoms with Crippen molar-refractivity contribution in [3.8, 4) is 0 Å². The molecule has 0 nitrogen and oxygen atoms in total. The van der Waals surface area contributed by atoms with Crippen LogP contribution in [-0.2, 0) is 63.2 Å². The summed E-state index contributed by atoms with van der Waals surface area (Å²) >= 11 is 0. The van der Waals surface area contributed by atoms with Gasteiger partial charge in [-0.3, -0.25) is 0 Å². The summed E-state index contributed by atoms with van der Waals surface area (Å²) in [6.45, 7) is 4.04. The Bertz CT molecular complexity index is 138. The second-order valence-corrected chi connectivity index (χ2v) is 4.12. The van der Waals surface area contributed by atoms with Gasteiger partial charge in [-0.2, -0.15) is 12.3 Å². The third-order valence-electron chi connectivity index (χ3n) is 3.61. The van der Waals surface area contributed by atoms with Crippen LogP contribution in [0.15, 0.2) is 0 Å². The van der Waals surface area contributed by atoms with E-state index in [4.69, 9.17) is 0 Å². The van der Waals surface area contributed by atoms with Crippen molar-refractivity contribution in [2.75, 3.05) is 0 Å². The molecule has 0 heterocycles. The Morgan fingerprint density at radius 3 is 2.50 bits per heavy atom. The largest absolute Gasteiger partial charge is 2.00 e. The first kappa shape index (κ1) is 18.4. The van der Waals surface area contributed by atoms with E-state index in [0.29, 0.717) is 0 Å². The molecular weight excluding hydrogens is 684 g/mol. The van der Waals surface area contributed by atoms with E-state index in [2.05, 4.69) is 13.3 Å². The van der Waals surface area contributed by atoms with Gasteiger partial charge in [-0.1, -0.05) is 31.6 Å². The summed E-state index contributed by atoms with van der Waals surface area (Å²) in [5.74, 6) is 2.98. The predicted molar refractivity (Wildman–Crippen MR) is 47.8 cm³/mol. The number of hydrogen-bond acceptors (Lipinski definition) is 0. The Hall–Kier alpha value is 2.06. The van der Waals surface area contributed by atoms with Crippen LogP contribution in [0.1, 0.15) is 38.5 Å². The molecule has 0 spiro atoms. The molecule has 0 aromatic heterocycles. The second-order valence-electron chi connectivity index (χ2n) is 4.12. The standard InChI is InChI=1S/C11H18.3W/c1-2-9-5-3-6-10-7-4-8-11(9)10;;;/h5,9-11H,1-4,6-8H2;;;/q-2;;;+2. The van der Waals surface area contributed by atoms with E-state index in [1.807, 2.05) is 0 Å². The Labute approximate surface area is 132 Å². The SMILES string of the molecule is [CH2-]CC1[CH-]CCC2CCCC12.[W+2].[W].[W]. The topological polar surface area (TPSA) is 0 Å². The molecule has 0 bridgehead atoms. The average molecular weight is 702 g/mol. The first-order chi connectivity index (χ1) is 5.42. The van der Waals surface area contributed by atoms with E-state index < -0.39 is 0 Å². The van der Waals surface area contributed by atoms with Crippen LogP contribution in [0.4, 0.5) is 0 Å². The summed E-state index contributed by atoms with van der Waals surface area (Å²) < 4.78 is 0. The number of rotatable bonds is 1. The van der Waals surface area contributed by atoms with Crippen molar-refractivity contribution < 1.29 is 63.2 Å². The molecule has 80 valence electrons. The van der Waals surface area contributed by atoms with Gasteiger partial charge in [-0.25, -0.2) is 6.42 Å². The van der Waals surface area contributed by atoms with Crippen molar-refractivity contribution in [3.63, 3.8) is 0 Å². The molecule has 2 rings (SSSR count).